The van der Waals surface area contributed by atoms with Gasteiger partial charge in [0.15, 0.2) is 9.84 Å². The predicted molar refractivity (Wildman–Crippen MR) is 113 cm³/mol. The summed E-state index contributed by atoms with van der Waals surface area (Å²) in [5.74, 6) is -0.250. The Kier molecular flexibility index (Phi) is 7.26. The van der Waals surface area contributed by atoms with Crippen LogP contribution in [0.5, 0.6) is 0 Å². The van der Waals surface area contributed by atoms with Crippen LogP contribution in [-0.4, -0.2) is 26.4 Å². The summed E-state index contributed by atoms with van der Waals surface area (Å²) in [4.78, 5) is 12.8. The molecule has 0 atom stereocenters. The molecular formula is C21H27ClN2O3S. The molecule has 0 aromatic heterocycles. The van der Waals surface area contributed by atoms with Crippen molar-refractivity contribution in [2.45, 2.75) is 48.8 Å². The van der Waals surface area contributed by atoms with E-state index in [4.69, 9.17) is 5.73 Å². The van der Waals surface area contributed by atoms with Crippen molar-refractivity contribution in [2.24, 2.45) is 5.73 Å². The van der Waals surface area contributed by atoms with E-state index in [0.717, 1.165) is 31.2 Å². The number of nitrogens with two attached hydrogens (primary N) is 1. The van der Waals surface area contributed by atoms with Crippen molar-refractivity contribution in [3.63, 3.8) is 0 Å². The molecule has 0 spiro atoms. The molecule has 1 fully saturated rings. The van der Waals surface area contributed by atoms with Crippen molar-refractivity contribution in [3.05, 3.63) is 65.2 Å². The van der Waals surface area contributed by atoms with E-state index in [1.165, 1.54) is 0 Å². The molecule has 0 heterocycles. The molecule has 1 saturated carbocycles. The molecule has 3 rings (SSSR count). The maximum atomic E-state index is 12.5. The van der Waals surface area contributed by atoms with Gasteiger partial charge in [-0.15, -0.1) is 12.4 Å². The molecule has 0 bridgehead atoms. The molecule has 152 valence electrons. The minimum absolute atomic E-state index is 0. The number of halogens is 1. The molecule has 5 nitrogen and oxygen atoms in total. The first kappa shape index (κ1) is 22.4. The van der Waals surface area contributed by atoms with Gasteiger partial charge in [-0.2, -0.15) is 0 Å². The number of carbonyl (C=O) groups excluding carboxylic acids is 1. The highest BCUT2D eigenvalue weighted by atomic mass is 35.5. The smallest absolute Gasteiger partial charge is 0.251 e. The fraction of sp³-hybridized carbons (Fsp3) is 0.381. The monoisotopic (exact) mass is 422 g/mol. The zero-order chi connectivity index (χ0) is 19.5. The van der Waals surface area contributed by atoms with Gasteiger partial charge in [0.1, 0.15) is 0 Å². The molecule has 0 radical (unpaired) electrons. The number of sulfone groups is 1. The summed E-state index contributed by atoms with van der Waals surface area (Å²) < 4.78 is 25.1. The lowest BCUT2D eigenvalue weighted by Crippen LogP contribution is -2.51. The lowest BCUT2D eigenvalue weighted by Gasteiger charge is -2.28. The first-order chi connectivity index (χ1) is 12.8. The summed E-state index contributed by atoms with van der Waals surface area (Å²) in [5, 5.41) is 3.07. The fourth-order valence-corrected chi connectivity index (χ4v) is 4.89. The molecule has 1 amide bonds. The van der Waals surface area contributed by atoms with Gasteiger partial charge in [0.05, 0.1) is 16.2 Å². The number of hydrogen-bond donors (Lipinski definition) is 2. The quantitative estimate of drug-likeness (QED) is 0.746. The highest BCUT2D eigenvalue weighted by Gasteiger charge is 2.34. The minimum Gasteiger partial charge on any atom is -0.345 e. The normalized spacial score (nSPS) is 15.6. The molecule has 28 heavy (non-hydrogen) atoms. The van der Waals surface area contributed by atoms with Crippen molar-refractivity contribution in [1.29, 1.82) is 0 Å². The second kappa shape index (κ2) is 9.07. The molecule has 0 unspecified atom stereocenters. The molecule has 0 saturated heterocycles. The molecule has 1 aliphatic carbocycles. The number of carbonyl (C=O) groups is 1. The number of nitrogens with one attached hydrogen (secondary N) is 1. The van der Waals surface area contributed by atoms with Gasteiger partial charge in [0.25, 0.3) is 5.91 Å². The van der Waals surface area contributed by atoms with Crippen LogP contribution in [0.3, 0.4) is 0 Å². The lowest BCUT2D eigenvalue weighted by atomic mass is 9.97. The van der Waals surface area contributed by atoms with E-state index in [0.29, 0.717) is 22.6 Å². The Labute approximate surface area is 173 Å². The van der Waals surface area contributed by atoms with Crippen molar-refractivity contribution in [1.82, 2.24) is 5.32 Å². The fourth-order valence-electron chi connectivity index (χ4n) is 3.55. The average molecular weight is 423 g/mol. The van der Waals surface area contributed by atoms with Crippen molar-refractivity contribution < 1.29 is 13.2 Å². The Balaban J connectivity index is 0.00000280. The number of rotatable bonds is 6. The number of amides is 1. The Morgan fingerprint density at radius 1 is 1.04 bits per heavy atom. The summed E-state index contributed by atoms with van der Waals surface area (Å²) in [5.41, 5.74) is 7.76. The van der Waals surface area contributed by atoms with Crippen LogP contribution in [0.4, 0.5) is 0 Å². The predicted octanol–water partition coefficient (Wildman–Crippen LogP) is 3.39. The van der Waals surface area contributed by atoms with Crippen molar-refractivity contribution in [3.8, 4) is 0 Å². The lowest BCUT2D eigenvalue weighted by molar-refractivity contribution is 0.0903. The van der Waals surface area contributed by atoms with Crippen LogP contribution in [0, 0.1) is 6.92 Å². The number of benzene rings is 2. The van der Waals surface area contributed by atoms with Gasteiger partial charge in [-0.05, 0) is 49.6 Å². The SMILES string of the molecule is Cc1ccc(S(=O)(=O)Cc2ccc(C(=O)NC3(CN)CCCC3)cc2)cc1.Cl. The zero-order valence-electron chi connectivity index (χ0n) is 16.0. The first-order valence-electron chi connectivity index (χ1n) is 9.25. The van der Waals surface area contributed by atoms with Gasteiger partial charge in [-0.1, -0.05) is 42.7 Å². The molecule has 2 aromatic carbocycles. The van der Waals surface area contributed by atoms with Gasteiger partial charge in [-0.25, -0.2) is 8.42 Å². The van der Waals surface area contributed by atoms with E-state index in [9.17, 15) is 13.2 Å². The third kappa shape index (κ3) is 5.13. The summed E-state index contributed by atoms with van der Waals surface area (Å²) in [6, 6.07) is 13.6. The minimum atomic E-state index is -3.41. The standard InChI is InChI=1S/C21H26N2O3S.ClH/c1-16-4-10-19(11-5-16)27(25,26)14-17-6-8-18(9-7-17)20(24)23-21(15-22)12-2-3-13-21;/h4-11H,2-3,12-15,22H2,1H3,(H,23,24);1H. The molecular weight excluding hydrogens is 396 g/mol. The second-order valence-corrected chi connectivity index (χ2v) is 9.40. The zero-order valence-corrected chi connectivity index (χ0v) is 17.6. The van der Waals surface area contributed by atoms with E-state index in [2.05, 4.69) is 5.32 Å². The molecule has 0 aliphatic heterocycles. The number of aryl methyl sites for hydroxylation is 1. The Hall–Kier alpha value is -1.89. The van der Waals surface area contributed by atoms with Crippen LogP contribution in [0.25, 0.3) is 0 Å². The van der Waals surface area contributed by atoms with E-state index in [-0.39, 0.29) is 29.6 Å². The van der Waals surface area contributed by atoms with E-state index < -0.39 is 9.84 Å². The molecule has 2 aromatic rings. The van der Waals surface area contributed by atoms with Gasteiger partial charge in [-0.3, -0.25) is 4.79 Å². The summed E-state index contributed by atoms with van der Waals surface area (Å²) >= 11 is 0. The highest BCUT2D eigenvalue weighted by Crippen LogP contribution is 2.29. The molecule has 1 aliphatic rings. The maximum Gasteiger partial charge on any atom is 0.251 e. The average Bonchev–Trinajstić information content (AvgIpc) is 3.11. The second-order valence-electron chi connectivity index (χ2n) is 7.41. The topological polar surface area (TPSA) is 89.3 Å². The van der Waals surface area contributed by atoms with Crippen LogP contribution in [0.15, 0.2) is 53.4 Å². The third-order valence-corrected chi connectivity index (χ3v) is 6.99. The van der Waals surface area contributed by atoms with Crippen molar-refractivity contribution >= 4 is 28.2 Å². The first-order valence-corrected chi connectivity index (χ1v) is 10.9. The van der Waals surface area contributed by atoms with Crippen LogP contribution in [0.1, 0.15) is 47.2 Å². The van der Waals surface area contributed by atoms with E-state index in [1.54, 1.807) is 48.5 Å². The molecule has 3 N–H and O–H groups in total. The number of hydrogen-bond acceptors (Lipinski definition) is 4. The summed E-state index contributed by atoms with van der Waals surface area (Å²) in [6.07, 6.45) is 3.96. The largest absolute Gasteiger partial charge is 0.345 e. The van der Waals surface area contributed by atoms with Crippen LogP contribution in [0.2, 0.25) is 0 Å². The Morgan fingerprint density at radius 2 is 1.61 bits per heavy atom. The van der Waals surface area contributed by atoms with Crippen LogP contribution < -0.4 is 11.1 Å². The summed E-state index contributed by atoms with van der Waals surface area (Å²) in [7, 11) is -3.41. The van der Waals surface area contributed by atoms with Crippen molar-refractivity contribution in [2.75, 3.05) is 6.54 Å². The van der Waals surface area contributed by atoms with Gasteiger partial charge >= 0.3 is 0 Å². The summed E-state index contributed by atoms with van der Waals surface area (Å²) in [6.45, 7) is 2.35. The van der Waals surface area contributed by atoms with Crippen LogP contribution >= 0.6 is 12.4 Å². The van der Waals surface area contributed by atoms with Gasteiger partial charge < -0.3 is 11.1 Å². The molecule has 7 heteroatoms. The Morgan fingerprint density at radius 3 is 2.14 bits per heavy atom. The van der Waals surface area contributed by atoms with E-state index in [1.807, 2.05) is 6.92 Å². The van der Waals surface area contributed by atoms with E-state index >= 15 is 0 Å². The maximum absolute atomic E-state index is 12.5. The van der Waals surface area contributed by atoms with Gasteiger partial charge in [0, 0.05) is 12.1 Å². The third-order valence-electron chi connectivity index (χ3n) is 5.28. The Bertz CT molecular complexity index is 904. The van der Waals surface area contributed by atoms with Crippen LogP contribution in [-0.2, 0) is 15.6 Å². The van der Waals surface area contributed by atoms with Gasteiger partial charge in [0.2, 0.25) is 0 Å². The highest BCUT2D eigenvalue weighted by molar-refractivity contribution is 7.90.